The topological polar surface area (TPSA) is 102 Å². The highest BCUT2D eigenvalue weighted by Gasteiger charge is 2.23. The van der Waals surface area contributed by atoms with E-state index in [9.17, 15) is 14.4 Å². The summed E-state index contributed by atoms with van der Waals surface area (Å²) in [6.07, 6.45) is 0. The molecule has 1 heterocycles. The summed E-state index contributed by atoms with van der Waals surface area (Å²) in [5, 5.41) is 8.85. The van der Waals surface area contributed by atoms with E-state index in [1.54, 1.807) is 32.9 Å². The van der Waals surface area contributed by atoms with E-state index in [1.165, 1.54) is 4.68 Å². The second-order valence-electron chi connectivity index (χ2n) is 5.75. The zero-order valence-corrected chi connectivity index (χ0v) is 15.3. The molecule has 0 radical (unpaired) electrons. The molecule has 3 amide bonds. The van der Waals surface area contributed by atoms with Crippen LogP contribution in [0.25, 0.3) is 5.69 Å². The molecule has 8 nitrogen and oxygen atoms in total. The number of urea groups is 1. The highest BCUT2D eigenvalue weighted by Crippen LogP contribution is 2.24. The highest BCUT2D eigenvalue weighted by atomic mass is 35.5. The molecular formula is C17H19ClN4O4. The van der Waals surface area contributed by atoms with E-state index >= 15 is 0 Å². The number of nitrogens with zero attached hydrogens (tertiary/aromatic N) is 2. The molecule has 0 saturated heterocycles. The van der Waals surface area contributed by atoms with Crippen molar-refractivity contribution in [2.75, 3.05) is 6.61 Å². The van der Waals surface area contributed by atoms with Crippen LogP contribution in [0.4, 0.5) is 4.79 Å². The largest absolute Gasteiger partial charge is 0.452 e. The van der Waals surface area contributed by atoms with Gasteiger partial charge >= 0.3 is 12.0 Å². The summed E-state index contributed by atoms with van der Waals surface area (Å²) < 4.78 is 6.34. The van der Waals surface area contributed by atoms with E-state index in [2.05, 4.69) is 15.7 Å². The molecule has 0 fully saturated rings. The molecule has 138 valence electrons. The van der Waals surface area contributed by atoms with E-state index in [-0.39, 0.29) is 16.8 Å². The number of aryl methyl sites for hydroxylation is 1. The third-order valence-electron chi connectivity index (χ3n) is 3.22. The van der Waals surface area contributed by atoms with E-state index < -0.39 is 24.5 Å². The van der Waals surface area contributed by atoms with Gasteiger partial charge < -0.3 is 10.1 Å². The molecule has 0 bridgehead atoms. The SMILES string of the molecule is Cc1nn(-c2ccccc2)c(Cl)c1C(=O)OCC(=O)NC(=O)NC(C)C. The van der Waals surface area contributed by atoms with Crippen LogP contribution in [-0.4, -0.2) is 40.3 Å². The monoisotopic (exact) mass is 378 g/mol. The highest BCUT2D eigenvalue weighted by molar-refractivity contribution is 6.33. The lowest BCUT2D eigenvalue weighted by Gasteiger charge is -2.09. The first-order valence-electron chi connectivity index (χ1n) is 7.87. The van der Waals surface area contributed by atoms with Crippen LogP contribution in [0.1, 0.15) is 29.9 Å². The summed E-state index contributed by atoms with van der Waals surface area (Å²) in [5.41, 5.74) is 1.11. The van der Waals surface area contributed by atoms with Crippen LogP contribution in [0.3, 0.4) is 0 Å². The fourth-order valence-electron chi connectivity index (χ4n) is 2.14. The second-order valence-corrected chi connectivity index (χ2v) is 6.11. The third-order valence-corrected chi connectivity index (χ3v) is 3.57. The molecular weight excluding hydrogens is 360 g/mol. The zero-order chi connectivity index (χ0) is 19.3. The van der Waals surface area contributed by atoms with Gasteiger partial charge in [0, 0.05) is 6.04 Å². The van der Waals surface area contributed by atoms with Crippen LogP contribution in [0.2, 0.25) is 5.15 Å². The van der Waals surface area contributed by atoms with Gasteiger partial charge in [-0.05, 0) is 32.9 Å². The van der Waals surface area contributed by atoms with Gasteiger partial charge in [0.25, 0.3) is 5.91 Å². The number of nitrogens with one attached hydrogen (secondary N) is 2. The normalized spacial score (nSPS) is 10.5. The third kappa shape index (κ3) is 4.82. The van der Waals surface area contributed by atoms with Crippen molar-refractivity contribution >= 4 is 29.5 Å². The molecule has 2 rings (SSSR count). The van der Waals surface area contributed by atoms with Crippen molar-refractivity contribution in [1.82, 2.24) is 20.4 Å². The van der Waals surface area contributed by atoms with Crippen molar-refractivity contribution in [2.24, 2.45) is 0 Å². The first-order chi connectivity index (χ1) is 12.3. The number of hydrogen-bond donors (Lipinski definition) is 2. The lowest BCUT2D eigenvalue weighted by molar-refractivity contribution is -0.123. The Labute approximate surface area is 155 Å². The fourth-order valence-corrected chi connectivity index (χ4v) is 2.48. The smallest absolute Gasteiger partial charge is 0.343 e. The number of para-hydroxylation sites is 1. The number of amides is 3. The predicted molar refractivity (Wildman–Crippen MR) is 95.4 cm³/mol. The number of halogens is 1. The summed E-state index contributed by atoms with van der Waals surface area (Å²) in [4.78, 5) is 35.4. The quantitative estimate of drug-likeness (QED) is 0.777. The van der Waals surface area contributed by atoms with Gasteiger partial charge in [-0.3, -0.25) is 10.1 Å². The number of aromatic nitrogens is 2. The average Bonchev–Trinajstić information content (AvgIpc) is 2.87. The van der Waals surface area contributed by atoms with E-state index in [1.807, 2.05) is 18.2 Å². The van der Waals surface area contributed by atoms with Crippen molar-refractivity contribution in [1.29, 1.82) is 0 Å². The summed E-state index contributed by atoms with van der Waals surface area (Å²) in [6.45, 7) is 4.49. The maximum absolute atomic E-state index is 12.3. The number of imide groups is 1. The van der Waals surface area contributed by atoms with Gasteiger partial charge in [-0.15, -0.1) is 0 Å². The number of rotatable bonds is 5. The summed E-state index contributed by atoms with van der Waals surface area (Å²) in [6, 6.07) is 8.25. The molecule has 0 atom stereocenters. The van der Waals surface area contributed by atoms with Crippen molar-refractivity contribution in [3.8, 4) is 5.69 Å². The molecule has 0 aliphatic rings. The number of esters is 1. The first kappa shape index (κ1) is 19.5. The van der Waals surface area contributed by atoms with Crippen molar-refractivity contribution in [2.45, 2.75) is 26.8 Å². The van der Waals surface area contributed by atoms with E-state index in [4.69, 9.17) is 16.3 Å². The molecule has 2 aromatic rings. The summed E-state index contributed by atoms with van der Waals surface area (Å²) in [5.74, 6) is -1.55. The number of carbonyl (C=O) groups excluding carboxylic acids is 3. The molecule has 2 N–H and O–H groups in total. The van der Waals surface area contributed by atoms with Gasteiger partial charge in [-0.1, -0.05) is 29.8 Å². The second kappa shape index (κ2) is 8.48. The number of hydrogen-bond acceptors (Lipinski definition) is 5. The number of ether oxygens (including phenoxy) is 1. The lowest BCUT2D eigenvalue weighted by atomic mass is 10.2. The predicted octanol–water partition coefficient (Wildman–Crippen LogP) is 2.23. The Morgan fingerprint density at radius 1 is 1.23 bits per heavy atom. The van der Waals surface area contributed by atoms with Crippen LogP contribution in [0, 0.1) is 6.92 Å². The van der Waals surface area contributed by atoms with Gasteiger partial charge in [0.2, 0.25) is 0 Å². The average molecular weight is 379 g/mol. The molecule has 1 aromatic heterocycles. The molecule has 0 aliphatic heterocycles. The minimum absolute atomic E-state index is 0.0648. The Hall–Kier alpha value is -2.87. The van der Waals surface area contributed by atoms with Crippen LogP contribution in [-0.2, 0) is 9.53 Å². The Balaban J connectivity index is 2.03. The van der Waals surface area contributed by atoms with Crippen LogP contribution >= 0.6 is 11.6 Å². The van der Waals surface area contributed by atoms with Crippen molar-refractivity contribution < 1.29 is 19.1 Å². The molecule has 26 heavy (non-hydrogen) atoms. The maximum atomic E-state index is 12.3. The van der Waals surface area contributed by atoms with E-state index in [0.29, 0.717) is 11.4 Å². The Bertz CT molecular complexity index is 818. The molecule has 0 saturated carbocycles. The number of carbonyl (C=O) groups is 3. The zero-order valence-electron chi connectivity index (χ0n) is 14.6. The molecule has 0 aliphatic carbocycles. The Morgan fingerprint density at radius 3 is 2.50 bits per heavy atom. The summed E-state index contributed by atoms with van der Waals surface area (Å²) in [7, 11) is 0. The van der Waals surface area contributed by atoms with Gasteiger partial charge in [-0.2, -0.15) is 5.10 Å². The molecule has 1 aromatic carbocycles. The maximum Gasteiger partial charge on any atom is 0.343 e. The van der Waals surface area contributed by atoms with Crippen LogP contribution < -0.4 is 10.6 Å². The van der Waals surface area contributed by atoms with Gasteiger partial charge in [0.05, 0.1) is 11.4 Å². The van der Waals surface area contributed by atoms with E-state index in [0.717, 1.165) is 0 Å². The van der Waals surface area contributed by atoms with Gasteiger partial charge in [0.1, 0.15) is 10.7 Å². The minimum Gasteiger partial charge on any atom is -0.452 e. The van der Waals surface area contributed by atoms with Crippen molar-refractivity contribution in [3.63, 3.8) is 0 Å². The van der Waals surface area contributed by atoms with Crippen LogP contribution in [0.15, 0.2) is 30.3 Å². The number of benzene rings is 1. The minimum atomic E-state index is -0.797. The molecule has 0 unspecified atom stereocenters. The van der Waals surface area contributed by atoms with Crippen LogP contribution in [0.5, 0.6) is 0 Å². The lowest BCUT2D eigenvalue weighted by Crippen LogP contribution is -2.44. The van der Waals surface area contributed by atoms with Gasteiger partial charge in [0.15, 0.2) is 6.61 Å². The molecule has 0 spiro atoms. The Kier molecular flexibility index (Phi) is 6.35. The molecule has 9 heteroatoms. The standard InChI is InChI=1S/C17H19ClN4O4/c1-10(2)19-17(25)20-13(23)9-26-16(24)14-11(3)21-22(15(14)18)12-7-5-4-6-8-12/h4-8,10H,9H2,1-3H3,(H2,19,20,23,25). The summed E-state index contributed by atoms with van der Waals surface area (Å²) >= 11 is 6.25. The van der Waals surface area contributed by atoms with Crippen molar-refractivity contribution in [3.05, 3.63) is 46.7 Å². The first-order valence-corrected chi connectivity index (χ1v) is 8.25. The van der Waals surface area contributed by atoms with Gasteiger partial charge in [-0.25, -0.2) is 14.3 Å². The fraction of sp³-hybridized carbons (Fsp3) is 0.294. The Morgan fingerprint density at radius 2 is 1.88 bits per heavy atom.